The van der Waals surface area contributed by atoms with Gasteiger partial charge >= 0.3 is 12.6 Å². The van der Waals surface area contributed by atoms with Crippen LogP contribution in [0.25, 0.3) is 0 Å². The van der Waals surface area contributed by atoms with Crippen LogP contribution < -0.4 is 0 Å². The Balaban J connectivity index is 1.56. The zero-order valence-electron chi connectivity index (χ0n) is 24.2. The molecule has 0 aromatic heterocycles. The Kier molecular flexibility index (Phi) is 11.5. The number of nitrogens with zero attached hydrogens (tertiary/aromatic N) is 2. The zero-order chi connectivity index (χ0) is 29.7. The smallest absolute Gasteiger partial charge is 0.345 e. The first-order chi connectivity index (χ1) is 19.5. The van der Waals surface area contributed by atoms with Gasteiger partial charge in [0.25, 0.3) is 0 Å². The molecule has 41 heavy (non-hydrogen) atoms. The van der Waals surface area contributed by atoms with E-state index in [1.54, 1.807) is 6.07 Å². The number of carboxylic acids is 1. The lowest BCUT2D eigenvalue weighted by molar-refractivity contribution is -0.170. The third kappa shape index (κ3) is 8.20. The van der Waals surface area contributed by atoms with Crippen molar-refractivity contribution < 1.29 is 23.4 Å². The normalized spacial score (nSPS) is 22.3. The van der Waals surface area contributed by atoms with Crippen LogP contribution in [0.15, 0.2) is 36.4 Å². The molecule has 1 saturated heterocycles. The highest BCUT2D eigenvalue weighted by Crippen LogP contribution is 2.42. The summed E-state index contributed by atoms with van der Waals surface area (Å²) in [6.07, 6.45) is 4.86. The average molecular weight is 612 g/mol. The fourth-order valence-corrected chi connectivity index (χ4v) is 7.48. The lowest BCUT2D eigenvalue weighted by Gasteiger charge is -2.37. The van der Waals surface area contributed by atoms with Crippen LogP contribution in [0.4, 0.5) is 8.78 Å². The molecule has 2 aromatic rings. The van der Waals surface area contributed by atoms with Gasteiger partial charge in [-0.05, 0) is 144 Å². The van der Waals surface area contributed by atoms with Gasteiger partial charge in [-0.25, -0.2) is 0 Å². The van der Waals surface area contributed by atoms with Crippen LogP contribution in [0.5, 0.6) is 0 Å². The summed E-state index contributed by atoms with van der Waals surface area (Å²) in [7, 11) is 4.02. The highest BCUT2D eigenvalue weighted by molar-refractivity contribution is 6.33. The van der Waals surface area contributed by atoms with Gasteiger partial charge in [-0.1, -0.05) is 41.4 Å². The van der Waals surface area contributed by atoms with Gasteiger partial charge in [0, 0.05) is 10.0 Å². The Morgan fingerprint density at radius 2 is 1.76 bits per heavy atom. The number of alkyl halides is 2. The Morgan fingerprint density at radius 1 is 1.07 bits per heavy atom. The predicted molar refractivity (Wildman–Crippen MR) is 160 cm³/mol. The lowest BCUT2D eigenvalue weighted by Crippen LogP contribution is -2.36. The standard InChI is InChI=1S/C32H42Cl2F2N2O3/c1-20-5-4-6-26(29(20)22-7-10-24(11-8-22)41-32(35)36)30(31(39)40)38(3)18-15-25(21-13-16-37(2)17-14-21)27-19-23(33)9-12-28(27)34/h4-6,9,12,19,21-22,24-25,30,32H,7-8,10-11,13-18H2,1-3H3,(H,39,40)/t22?,24?,25-,30+/m1/s1. The number of rotatable bonds is 11. The van der Waals surface area contributed by atoms with E-state index in [1.165, 1.54) is 0 Å². The molecular weight excluding hydrogens is 569 g/mol. The quantitative estimate of drug-likeness (QED) is 0.278. The second-order valence-corrected chi connectivity index (χ2v) is 12.7. The minimum atomic E-state index is -2.77. The lowest BCUT2D eigenvalue weighted by atomic mass is 9.77. The third-order valence-electron chi connectivity index (χ3n) is 9.19. The van der Waals surface area contributed by atoms with E-state index in [0.717, 1.165) is 54.6 Å². The van der Waals surface area contributed by atoms with Gasteiger partial charge in [-0.3, -0.25) is 9.69 Å². The van der Waals surface area contributed by atoms with Crippen molar-refractivity contribution in [3.8, 4) is 0 Å². The number of likely N-dealkylation sites (N-methyl/N-ethyl adjacent to an activating group) is 1. The Morgan fingerprint density at radius 3 is 2.39 bits per heavy atom. The second kappa shape index (κ2) is 14.6. The largest absolute Gasteiger partial charge is 0.480 e. The Labute approximate surface area is 252 Å². The van der Waals surface area contributed by atoms with Crippen LogP contribution in [-0.4, -0.2) is 67.3 Å². The molecule has 2 aromatic carbocycles. The summed E-state index contributed by atoms with van der Waals surface area (Å²) in [5.74, 6) is -0.199. The summed E-state index contributed by atoms with van der Waals surface area (Å²) < 4.78 is 30.3. The summed E-state index contributed by atoms with van der Waals surface area (Å²) in [5, 5.41) is 11.9. The van der Waals surface area contributed by atoms with Crippen LogP contribution in [0.2, 0.25) is 10.0 Å². The van der Waals surface area contributed by atoms with Crippen molar-refractivity contribution in [3.05, 3.63) is 68.7 Å². The number of halogens is 4. The van der Waals surface area contributed by atoms with Gasteiger partial charge in [0.1, 0.15) is 6.04 Å². The number of likely N-dealkylation sites (tertiary alicyclic amines) is 1. The topological polar surface area (TPSA) is 53.0 Å². The molecule has 9 heteroatoms. The van der Waals surface area contributed by atoms with Crippen molar-refractivity contribution in [3.63, 3.8) is 0 Å². The first kappa shape index (κ1) is 32.2. The van der Waals surface area contributed by atoms with Crippen molar-refractivity contribution in [2.45, 2.75) is 82.5 Å². The fraction of sp³-hybridized carbons (Fsp3) is 0.594. The minimum Gasteiger partial charge on any atom is -0.480 e. The van der Waals surface area contributed by atoms with E-state index in [9.17, 15) is 18.7 Å². The summed E-state index contributed by atoms with van der Waals surface area (Å²) in [5.41, 5.74) is 3.89. The van der Waals surface area contributed by atoms with Crippen molar-refractivity contribution in [1.29, 1.82) is 0 Å². The summed E-state index contributed by atoms with van der Waals surface area (Å²) in [6, 6.07) is 10.6. The number of carbonyl (C=O) groups is 1. The fourth-order valence-electron chi connectivity index (χ4n) is 7.04. The number of aliphatic carboxylic acids is 1. The molecule has 2 atom stereocenters. The van der Waals surface area contributed by atoms with Crippen LogP contribution in [-0.2, 0) is 9.53 Å². The predicted octanol–water partition coefficient (Wildman–Crippen LogP) is 8.14. The molecule has 1 aliphatic heterocycles. The number of benzene rings is 2. The van der Waals surface area contributed by atoms with Crippen LogP contribution in [0.3, 0.4) is 0 Å². The van der Waals surface area contributed by atoms with Crippen molar-refractivity contribution in [1.82, 2.24) is 9.80 Å². The highest BCUT2D eigenvalue weighted by atomic mass is 35.5. The summed E-state index contributed by atoms with van der Waals surface area (Å²) in [4.78, 5) is 17.1. The molecule has 226 valence electrons. The maximum atomic E-state index is 12.8. The van der Waals surface area contributed by atoms with Crippen molar-refractivity contribution >= 4 is 29.2 Å². The summed E-state index contributed by atoms with van der Waals surface area (Å²) >= 11 is 13.1. The SMILES string of the molecule is Cc1cccc([C@@H](C(=O)O)N(C)CC[C@@H](c2cc(Cl)ccc2Cl)C2CCN(C)CC2)c1C1CCC(OC(F)F)CC1. The van der Waals surface area contributed by atoms with Crippen molar-refractivity contribution in [2.75, 3.05) is 33.7 Å². The van der Waals surface area contributed by atoms with Gasteiger partial charge in [0.2, 0.25) is 0 Å². The van der Waals surface area contributed by atoms with E-state index >= 15 is 0 Å². The Hall–Kier alpha value is -1.77. The van der Waals surface area contributed by atoms with Gasteiger partial charge < -0.3 is 14.7 Å². The number of ether oxygens (including phenoxy) is 1. The molecule has 2 fully saturated rings. The van der Waals surface area contributed by atoms with Crippen LogP contribution in [0, 0.1) is 12.8 Å². The van der Waals surface area contributed by atoms with Gasteiger partial charge in [-0.2, -0.15) is 8.78 Å². The molecule has 4 rings (SSSR count). The minimum absolute atomic E-state index is 0.108. The number of hydrogen-bond acceptors (Lipinski definition) is 4. The maximum absolute atomic E-state index is 12.8. The van der Waals surface area contributed by atoms with Gasteiger partial charge in [0.05, 0.1) is 6.10 Å². The monoisotopic (exact) mass is 610 g/mol. The van der Waals surface area contributed by atoms with Gasteiger partial charge in [-0.15, -0.1) is 0 Å². The Bertz CT molecular complexity index is 1170. The van der Waals surface area contributed by atoms with E-state index in [-0.39, 0.29) is 11.8 Å². The molecule has 1 N–H and O–H groups in total. The molecule has 0 unspecified atom stereocenters. The molecular formula is C32H42Cl2F2N2O3. The molecule has 5 nitrogen and oxygen atoms in total. The molecule has 1 saturated carbocycles. The molecule has 0 spiro atoms. The maximum Gasteiger partial charge on any atom is 0.345 e. The first-order valence-electron chi connectivity index (χ1n) is 14.6. The first-order valence-corrected chi connectivity index (χ1v) is 15.4. The van der Waals surface area contributed by atoms with Crippen LogP contribution in [0.1, 0.15) is 85.1 Å². The third-order valence-corrected chi connectivity index (χ3v) is 9.77. The number of hydrogen-bond donors (Lipinski definition) is 1. The van der Waals surface area contributed by atoms with Crippen LogP contribution >= 0.6 is 23.2 Å². The zero-order valence-corrected chi connectivity index (χ0v) is 25.7. The van der Waals surface area contributed by atoms with E-state index in [2.05, 4.69) is 11.9 Å². The number of carboxylic acid groups (broad SMARTS) is 1. The molecule has 0 bridgehead atoms. The molecule has 1 aliphatic carbocycles. The average Bonchev–Trinajstić information content (AvgIpc) is 2.92. The number of aryl methyl sites for hydroxylation is 1. The van der Waals surface area contributed by atoms with E-state index in [4.69, 9.17) is 27.9 Å². The molecule has 2 aliphatic rings. The molecule has 0 amide bonds. The van der Waals surface area contributed by atoms with E-state index in [1.807, 2.05) is 49.2 Å². The number of piperidine rings is 1. The molecule has 0 radical (unpaired) electrons. The van der Waals surface area contributed by atoms with E-state index < -0.39 is 24.7 Å². The van der Waals surface area contributed by atoms with E-state index in [0.29, 0.717) is 48.2 Å². The molecule has 1 heterocycles. The summed E-state index contributed by atoms with van der Waals surface area (Å²) in [6.45, 7) is 1.85. The van der Waals surface area contributed by atoms with Gasteiger partial charge in [0.15, 0.2) is 0 Å². The second-order valence-electron chi connectivity index (χ2n) is 11.9. The van der Waals surface area contributed by atoms with Crippen molar-refractivity contribution in [2.24, 2.45) is 5.92 Å². The highest BCUT2D eigenvalue weighted by Gasteiger charge is 2.34.